The number of ketones is 1. The van der Waals surface area contributed by atoms with E-state index in [0.29, 0.717) is 34.9 Å². The number of thiophene rings is 1. The van der Waals surface area contributed by atoms with Crippen LogP contribution in [-0.2, 0) is 11.3 Å². The van der Waals surface area contributed by atoms with E-state index in [2.05, 4.69) is 16.0 Å². The number of nitrogens with zero attached hydrogens (tertiary/aromatic N) is 3. The predicted octanol–water partition coefficient (Wildman–Crippen LogP) is 5.26. The molecule has 1 aliphatic heterocycles. The Morgan fingerprint density at radius 2 is 1.92 bits per heavy atom. The van der Waals surface area contributed by atoms with Gasteiger partial charge in [0, 0.05) is 41.0 Å². The summed E-state index contributed by atoms with van der Waals surface area (Å²) in [5.41, 5.74) is 4.26. The van der Waals surface area contributed by atoms with E-state index in [1.807, 2.05) is 30.3 Å². The summed E-state index contributed by atoms with van der Waals surface area (Å²) in [4.78, 5) is 30.9. The minimum absolute atomic E-state index is 0.0375. The third-order valence-corrected chi connectivity index (χ3v) is 7.31. The number of morpholine rings is 1. The fraction of sp³-hybridized carbons (Fsp3) is 0.214. The molecule has 5 rings (SSSR count). The lowest BCUT2D eigenvalue weighted by Crippen LogP contribution is -2.36. The van der Waals surface area contributed by atoms with E-state index in [-0.39, 0.29) is 34.3 Å². The zero-order valence-corrected chi connectivity index (χ0v) is 21.3. The summed E-state index contributed by atoms with van der Waals surface area (Å²) in [5, 5.41) is 19.4. The topological polar surface area (TPSA) is 126 Å². The molecule has 1 fully saturated rings. The van der Waals surface area contributed by atoms with Crippen molar-refractivity contribution in [3.8, 4) is 34.3 Å². The number of hydrogen-bond acceptors (Lipinski definition) is 9. The fourth-order valence-electron chi connectivity index (χ4n) is 4.27. The summed E-state index contributed by atoms with van der Waals surface area (Å²) >= 11 is 0.962. The Labute approximate surface area is 222 Å². The van der Waals surface area contributed by atoms with Gasteiger partial charge in [-0.15, -0.1) is 11.3 Å². The van der Waals surface area contributed by atoms with Gasteiger partial charge in [-0.2, -0.15) is 5.26 Å². The van der Waals surface area contributed by atoms with Crippen molar-refractivity contribution >= 4 is 28.8 Å². The number of furan rings is 1. The van der Waals surface area contributed by atoms with Crippen molar-refractivity contribution in [2.75, 3.05) is 31.2 Å². The number of benzene rings is 1. The number of Topliss-reactive ketones (excluding diaryl/α,β-unsaturated/α-hetero) is 1. The Kier molecular flexibility index (Phi) is 7.22. The van der Waals surface area contributed by atoms with E-state index in [1.54, 1.807) is 6.07 Å². The normalized spacial score (nSPS) is 13.2. The van der Waals surface area contributed by atoms with E-state index in [4.69, 9.17) is 13.9 Å². The van der Waals surface area contributed by atoms with Crippen molar-refractivity contribution in [3.05, 3.63) is 75.9 Å². The number of carbonyl (C=O) groups is 2. The molecule has 1 N–H and O–H groups in total. The van der Waals surface area contributed by atoms with Gasteiger partial charge < -0.3 is 23.9 Å². The Bertz CT molecular complexity index is 1510. The van der Waals surface area contributed by atoms with Crippen LogP contribution in [0.1, 0.15) is 37.4 Å². The monoisotopic (exact) mass is 529 g/mol. The smallest absolute Gasteiger partial charge is 0.345 e. The van der Waals surface area contributed by atoms with Crippen molar-refractivity contribution in [1.29, 1.82) is 5.26 Å². The second-order valence-electron chi connectivity index (χ2n) is 8.60. The maximum Gasteiger partial charge on any atom is 0.345 e. The van der Waals surface area contributed by atoms with E-state index in [0.717, 1.165) is 35.7 Å². The van der Waals surface area contributed by atoms with Crippen LogP contribution >= 0.6 is 11.3 Å². The van der Waals surface area contributed by atoms with Gasteiger partial charge in [0.05, 0.1) is 36.3 Å². The van der Waals surface area contributed by atoms with E-state index >= 15 is 0 Å². The molecule has 0 unspecified atom stereocenters. The molecule has 0 amide bonds. The Morgan fingerprint density at radius 3 is 2.55 bits per heavy atom. The standard InChI is InChI=1S/C28H23N3O6S/c1-17(32)21-13-25(28(33)34)38-26(21)16-37-27-23(14-29)22(19-6-9-36-15-19)12-24(30-27)18-2-4-20(5-3-18)31-7-10-35-11-8-31/h2-6,9,12-13,15H,7-8,10-11,16H2,1H3,(H,33,34). The number of ether oxygens (including phenoxy) is 2. The number of hydrogen-bond donors (Lipinski definition) is 1. The predicted molar refractivity (Wildman–Crippen MR) is 141 cm³/mol. The van der Waals surface area contributed by atoms with Gasteiger partial charge in [0.25, 0.3) is 0 Å². The SMILES string of the molecule is CC(=O)c1cc(C(=O)O)sc1COc1nc(-c2ccc(N3CCOCC3)cc2)cc(-c2ccoc2)c1C#N. The molecule has 4 aromatic rings. The second kappa shape index (κ2) is 10.9. The van der Waals surface area contributed by atoms with E-state index in [1.165, 1.54) is 25.5 Å². The first-order valence-corrected chi connectivity index (χ1v) is 12.7. The zero-order chi connectivity index (χ0) is 26.6. The van der Waals surface area contributed by atoms with Gasteiger partial charge in [-0.1, -0.05) is 12.1 Å². The maximum atomic E-state index is 12.1. The van der Waals surface area contributed by atoms with E-state index in [9.17, 15) is 20.0 Å². The summed E-state index contributed by atoms with van der Waals surface area (Å²) < 4.78 is 16.7. The summed E-state index contributed by atoms with van der Waals surface area (Å²) in [6.07, 6.45) is 3.06. The van der Waals surface area contributed by atoms with Crippen molar-refractivity contribution < 1.29 is 28.6 Å². The van der Waals surface area contributed by atoms with Crippen molar-refractivity contribution in [2.45, 2.75) is 13.5 Å². The molecule has 0 bridgehead atoms. The van der Waals surface area contributed by atoms with Crippen LogP contribution < -0.4 is 9.64 Å². The van der Waals surface area contributed by atoms with Crippen LogP contribution in [-0.4, -0.2) is 48.1 Å². The first-order valence-electron chi connectivity index (χ1n) is 11.8. The molecule has 0 radical (unpaired) electrons. The lowest BCUT2D eigenvalue weighted by molar-refractivity contribution is 0.0702. The molecule has 1 aromatic carbocycles. The molecule has 0 aliphatic carbocycles. The highest BCUT2D eigenvalue weighted by atomic mass is 32.1. The fourth-order valence-corrected chi connectivity index (χ4v) is 5.23. The molecule has 0 atom stereocenters. The number of anilines is 1. The van der Waals surface area contributed by atoms with Gasteiger partial charge in [0.2, 0.25) is 5.88 Å². The molecular weight excluding hydrogens is 506 g/mol. The van der Waals surface area contributed by atoms with Gasteiger partial charge in [0.15, 0.2) is 5.78 Å². The summed E-state index contributed by atoms with van der Waals surface area (Å²) in [5.74, 6) is -1.31. The number of carboxylic acids is 1. The van der Waals surface area contributed by atoms with Crippen LogP contribution in [0, 0.1) is 11.3 Å². The molecule has 192 valence electrons. The third kappa shape index (κ3) is 5.16. The van der Waals surface area contributed by atoms with Gasteiger partial charge in [-0.25, -0.2) is 9.78 Å². The lowest BCUT2D eigenvalue weighted by atomic mass is 10.0. The average Bonchev–Trinajstić information content (AvgIpc) is 3.63. The minimum atomic E-state index is -1.12. The lowest BCUT2D eigenvalue weighted by Gasteiger charge is -2.28. The number of aromatic nitrogens is 1. The van der Waals surface area contributed by atoms with Gasteiger partial charge in [-0.05, 0) is 37.3 Å². The van der Waals surface area contributed by atoms with Crippen LogP contribution in [0.15, 0.2) is 59.4 Å². The summed E-state index contributed by atoms with van der Waals surface area (Å²) in [6.45, 7) is 4.29. The van der Waals surface area contributed by atoms with Gasteiger partial charge in [-0.3, -0.25) is 4.79 Å². The molecule has 1 saturated heterocycles. The number of pyridine rings is 1. The second-order valence-corrected chi connectivity index (χ2v) is 9.74. The summed E-state index contributed by atoms with van der Waals surface area (Å²) in [6, 6.07) is 15.1. The van der Waals surface area contributed by atoms with Crippen LogP contribution in [0.25, 0.3) is 22.4 Å². The van der Waals surface area contributed by atoms with Crippen LogP contribution in [0.2, 0.25) is 0 Å². The summed E-state index contributed by atoms with van der Waals surface area (Å²) in [7, 11) is 0. The number of aromatic carboxylic acids is 1. The molecule has 1 aliphatic rings. The quantitative estimate of drug-likeness (QED) is 0.304. The molecule has 10 heteroatoms. The highest BCUT2D eigenvalue weighted by Crippen LogP contribution is 2.35. The molecule has 0 spiro atoms. The molecule has 4 heterocycles. The first-order chi connectivity index (χ1) is 18.4. The highest BCUT2D eigenvalue weighted by molar-refractivity contribution is 7.14. The molecular formula is C28H23N3O6S. The molecule has 0 saturated carbocycles. The Hall–Kier alpha value is -4.46. The van der Waals surface area contributed by atoms with E-state index < -0.39 is 5.97 Å². The largest absolute Gasteiger partial charge is 0.477 e. The molecule has 3 aromatic heterocycles. The van der Waals surface area contributed by atoms with Crippen molar-refractivity contribution in [2.24, 2.45) is 0 Å². The number of nitriles is 1. The highest BCUT2D eigenvalue weighted by Gasteiger charge is 2.21. The van der Waals surface area contributed by atoms with Crippen LogP contribution in [0.5, 0.6) is 5.88 Å². The first kappa shape index (κ1) is 25.2. The van der Waals surface area contributed by atoms with Gasteiger partial charge >= 0.3 is 5.97 Å². The van der Waals surface area contributed by atoms with Crippen molar-refractivity contribution in [1.82, 2.24) is 4.98 Å². The molecule has 9 nitrogen and oxygen atoms in total. The minimum Gasteiger partial charge on any atom is -0.477 e. The maximum absolute atomic E-state index is 12.1. The third-order valence-electron chi connectivity index (χ3n) is 6.21. The number of carbonyl (C=O) groups excluding carboxylic acids is 1. The van der Waals surface area contributed by atoms with Gasteiger partial charge in [0.1, 0.15) is 23.1 Å². The zero-order valence-electron chi connectivity index (χ0n) is 20.5. The Morgan fingerprint density at radius 1 is 1.16 bits per heavy atom. The van der Waals surface area contributed by atoms with Crippen LogP contribution in [0.3, 0.4) is 0 Å². The average molecular weight is 530 g/mol. The number of rotatable bonds is 8. The van der Waals surface area contributed by atoms with Crippen molar-refractivity contribution in [3.63, 3.8) is 0 Å². The number of carboxylic acid groups (broad SMARTS) is 1. The Balaban J connectivity index is 1.52. The molecule has 38 heavy (non-hydrogen) atoms. The van der Waals surface area contributed by atoms with Crippen LogP contribution in [0.4, 0.5) is 5.69 Å².